The van der Waals surface area contributed by atoms with Gasteiger partial charge in [-0.2, -0.15) is 0 Å². The predicted octanol–water partition coefficient (Wildman–Crippen LogP) is 2.28. The van der Waals surface area contributed by atoms with E-state index in [-0.39, 0.29) is 5.92 Å². The van der Waals surface area contributed by atoms with Gasteiger partial charge in [-0.15, -0.1) is 0 Å². The summed E-state index contributed by atoms with van der Waals surface area (Å²) in [6.07, 6.45) is 3.47. The van der Waals surface area contributed by atoms with Crippen molar-refractivity contribution in [1.29, 1.82) is 0 Å². The minimum Gasteiger partial charge on any atom is -0.481 e. The Balaban J connectivity index is 1.76. The Morgan fingerprint density at radius 3 is 2.90 bits per heavy atom. The van der Waals surface area contributed by atoms with Crippen LogP contribution in [-0.2, 0) is 11.3 Å². The number of furan rings is 1. The number of aromatic nitrogens is 1. The highest BCUT2D eigenvalue weighted by atomic mass is 16.4. The summed E-state index contributed by atoms with van der Waals surface area (Å²) in [4.78, 5) is 17.8. The molecule has 0 radical (unpaired) electrons. The summed E-state index contributed by atoms with van der Waals surface area (Å²) in [5, 5.41) is 9.46. The van der Waals surface area contributed by atoms with Crippen LogP contribution < -0.4 is 0 Å². The zero-order valence-electron chi connectivity index (χ0n) is 11.9. The number of carboxylic acid groups (broad SMARTS) is 1. The number of aryl methyl sites for hydroxylation is 1. The quantitative estimate of drug-likeness (QED) is 0.934. The molecular formula is C16H18N2O3. The van der Waals surface area contributed by atoms with Gasteiger partial charge < -0.3 is 9.52 Å². The first-order valence-electron chi connectivity index (χ1n) is 7.04. The number of hydrogen-bond donors (Lipinski definition) is 1. The lowest BCUT2D eigenvalue weighted by atomic mass is 9.90. The number of carbonyl (C=O) groups is 1. The number of nitrogens with zero attached hydrogens (tertiary/aromatic N) is 2. The van der Waals surface area contributed by atoms with Gasteiger partial charge in [-0.25, -0.2) is 0 Å². The third-order valence-corrected chi connectivity index (χ3v) is 4.00. The van der Waals surface area contributed by atoms with Gasteiger partial charge in [0.25, 0.3) is 0 Å². The van der Waals surface area contributed by atoms with Crippen LogP contribution in [-0.4, -0.2) is 34.0 Å². The van der Waals surface area contributed by atoms with Crippen molar-refractivity contribution in [3.63, 3.8) is 0 Å². The molecule has 0 bridgehead atoms. The number of rotatable bonds is 4. The number of likely N-dealkylation sites (tertiary alicyclic amines) is 1. The van der Waals surface area contributed by atoms with Crippen molar-refractivity contribution in [2.75, 3.05) is 13.1 Å². The van der Waals surface area contributed by atoms with E-state index in [4.69, 9.17) is 4.42 Å². The van der Waals surface area contributed by atoms with Gasteiger partial charge in [0.2, 0.25) is 0 Å². The maximum Gasteiger partial charge on any atom is 0.308 e. The highest BCUT2D eigenvalue weighted by molar-refractivity contribution is 5.72. The molecule has 1 N–H and O–H groups in total. The van der Waals surface area contributed by atoms with Crippen LogP contribution in [0.2, 0.25) is 0 Å². The molecule has 2 aromatic rings. The Labute approximate surface area is 123 Å². The Morgan fingerprint density at radius 1 is 1.43 bits per heavy atom. The second-order valence-electron chi connectivity index (χ2n) is 5.54. The summed E-state index contributed by atoms with van der Waals surface area (Å²) in [7, 11) is 0. The van der Waals surface area contributed by atoms with Crippen molar-refractivity contribution in [2.45, 2.75) is 19.4 Å². The lowest BCUT2D eigenvalue weighted by Crippen LogP contribution is -2.23. The maximum absolute atomic E-state index is 11.5. The van der Waals surface area contributed by atoms with Crippen molar-refractivity contribution >= 4 is 5.97 Å². The van der Waals surface area contributed by atoms with Gasteiger partial charge in [0.1, 0.15) is 11.5 Å². The average molecular weight is 286 g/mol. The van der Waals surface area contributed by atoms with Gasteiger partial charge in [0, 0.05) is 31.4 Å². The van der Waals surface area contributed by atoms with Gasteiger partial charge in [-0.1, -0.05) is 6.07 Å². The molecule has 3 heterocycles. The fraction of sp³-hybridized carbons (Fsp3) is 0.375. The third kappa shape index (κ3) is 2.97. The molecule has 0 saturated carbocycles. The topological polar surface area (TPSA) is 66.6 Å². The molecule has 0 spiro atoms. The number of pyridine rings is 1. The highest BCUT2D eigenvalue weighted by Crippen LogP contribution is 2.33. The molecule has 3 rings (SSSR count). The lowest BCUT2D eigenvalue weighted by Gasteiger charge is -2.14. The van der Waals surface area contributed by atoms with Crippen LogP contribution in [0, 0.1) is 12.8 Å². The Bertz CT molecular complexity index is 623. The maximum atomic E-state index is 11.5. The van der Waals surface area contributed by atoms with E-state index in [9.17, 15) is 9.90 Å². The van der Waals surface area contributed by atoms with Gasteiger partial charge in [0.05, 0.1) is 12.5 Å². The number of aliphatic carboxylic acids is 1. The Morgan fingerprint density at radius 2 is 2.29 bits per heavy atom. The van der Waals surface area contributed by atoms with E-state index in [1.54, 1.807) is 12.4 Å². The summed E-state index contributed by atoms with van der Waals surface area (Å²) >= 11 is 0. The van der Waals surface area contributed by atoms with Crippen molar-refractivity contribution in [2.24, 2.45) is 5.92 Å². The SMILES string of the molecule is Cc1ccc(CN2C[C@@H](C(=O)O)[C@H](c3cccnc3)C2)o1. The predicted molar refractivity (Wildman–Crippen MR) is 76.8 cm³/mol. The average Bonchev–Trinajstić information content (AvgIpc) is 3.07. The molecule has 1 saturated heterocycles. The normalized spacial score (nSPS) is 22.5. The zero-order valence-corrected chi connectivity index (χ0v) is 11.9. The van der Waals surface area contributed by atoms with Crippen molar-refractivity contribution in [1.82, 2.24) is 9.88 Å². The second-order valence-corrected chi connectivity index (χ2v) is 5.54. The van der Waals surface area contributed by atoms with Gasteiger partial charge in [-0.3, -0.25) is 14.7 Å². The summed E-state index contributed by atoms with van der Waals surface area (Å²) in [5.74, 6) is 0.589. The molecule has 1 aliphatic rings. The van der Waals surface area contributed by atoms with Crippen LogP contribution in [0.15, 0.2) is 41.1 Å². The van der Waals surface area contributed by atoms with Gasteiger partial charge >= 0.3 is 5.97 Å². The first-order chi connectivity index (χ1) is 10.1. The van der Waals surface area contributed by atoms with Crippen molar-refractivity contribution < 1.29 is 14.3 Å². The molecule has 2 atom stereocenters. The van der Waals surface area contributed by atoms with Crippen LogP contribution in [0.3, 0.4) is 0 Å². The van der Waals surface area contributed by atoms with Crippen LogP contribution >= 0.6 is 0 Å². The van der Waals surface area contributed by atoms with Crippen LogP contribution in [0.1, 0.15) is 23.0 Å². The minimum absolute atomic E-state index is 0.0211. The van der Waals surface area contributed by atoms with E-state index in [1.165, 1.54) is 0 Å². The molecular weight excluding hydrogens is 268 g/mol. The molecule has 1 aliphatic heterocycles. The molecule has 5 nitrogen and oxygen atoms in total. The minimum atomic E-state index is -0.748. The van der Waals surface area contributed by atoms with Crippen LogP contribution in [0.25, 0.3) is 0 Å². The first-order valence-corrected chi connectivity index (χ1v) is 7.04. The summed E-state index contributed by atoms with van der Waals surface area (Å²) in [5.41, 5.74) is 0.989. The van der Waals surface area contributed by atoms with E-state index in [2.05, 4.69) is 9.88 Å². The third-order valence-electron chi connectivity index (χ3n) is 4.00. The number of carboxylic acids is 1. The molecule has 0 aromatic carbocycles. The Hall–Kier alpha value is -2.14. The van der Waals surface area contributed by atoms with E-state index in [1.807, 2.05) is 31.2 Å². The van der Waals surface area contributed by atoms with E-state index in [0.717, 1.165) is 17.1 Å². The molecule has 0 aliphatic carbocycles. The van der Waals surface area contributed by atoms with Gasteiger partial charge in [0.15, 0.2) is 0 Å². The monoisotopic (exact) mass is 286 g/mol. The van der Waals surface area contributed by atoms with Crippen molar-refractivity contribution in [3.05, 3.63) is 53.7 Å². The summed E-state index contributed by atoms with van der Waals surface area (Å²) in [6, 6.07) is 7.68. The highest BCUT2D eigenvalue weighted by Gasteiger charge is 2.38. The largest absolute Gasteiger partial charge is 0.481 e. The smallest absolute Gasteiger partial charge is 0.308 e. The summed E-state index contributed by atoms with van der Waals surface area (Å²) in [6.45, 7) is 3.80. The standard InChI is InChI=1S/C16H18N2O3/c1-11-4-5-13(21-11)8-18-9-14(15(10-18)16(19)20)12-3-2-6-17-7-12/h2-7,14-15H,8-10H2,1H3,(H,19,20)/t14-,15+/m0/s1. The second kappa shape index (κ2) is 5.69. The van der Waals surface area contributed by atoms with E-state index in [0.29, 0.717) is 19.6 Å². The molecule has 2 aromatic heterocycles. The fourth-order valence-corrected chi connectivity index (χ4v) is 2.99. The molecule has 0 amide bonds. The molecule has 0 unspecified atom stereocenters. The van der Waals surface area contributed by atoms with Crippen LogP contribution in [0.4, 0.5) is 0 Å². The zero-order chi connectivity index (χ0) is 14.8. The first kappa shape index (κ1) is 13.8. The fourth-order valence-electron chi connectivity index (χ4n) is 2.99. The van der Waals surface area contributed by atoms with Crippen LogP contribution in [0.5, 0.6) is 0 Å². The Kier molecular flexibility index (Phi) is 3.75. The molecule has 110 valence electrons. The molecule has 1 fully saturated rings. The lowest BCUT2D eigenvalue weighted by molar-refractivity contribution is -0.141. The van der Waals surface area contributed by atoms with E-state index < -0.39 is 11.9 Å². The van der Waals surface area contributed by atoms with Crippen molar-refractivity contribution in [3.8, 4) is 0 Å². The molecule has 5 heteroatoms. The molecule has 21 heavy (non-hydrogen) atoms. The van der Waals surface area contributed by atoms with Gasteiger partial charge in [-0.05, 0) is 30.7 Å². The number of hydrogen-bond acceptors (Lipinski definition) is 4. The van der Waals surface area contributed by atoms with E-state index >= 15 is 0 Å². The summed E-state index contributed by atoms with van der Waals surface area (Å²) < 4.78 is 5.58.